The zero-order valence-corrected chi connectivity index (χ0v) is 11.8. The summed E-state index contributed by atoms with van der Waals surface area (Å²) >= 11 is 0. The highest BCUT2D eigenvalue weighted by Gasteiger charge is 2.17. The van der Waals surface area contributed by atoms with Crippen LogP contribution in [0.2, 0.25) is 0 Å². The Morgan fingerprint density at radius 2 is 2.11 bits per heavy atom. The molecular formula is C13H21N3O3. The van der Waals surface area contributed by atoms with Gasteiger partial charge >= 0.3 is 5.97 Å². The van der Waals surface area contributed by atoms with Gasteiger partial charge in [0.05, 0.1) is 18.7 Å². The summed E-state index contributed by atoms with van der Waals surface area (Å²) in [5.74, 6) is -0.543. The zero-order valence-electron chi connectivity index (χ0n) is 11.8. The summed E-state index contributed by atoms with van der Waals surface area (Å²) in [5.41, 5.74) is 0.378. The lowest BCUT2D eigenvalue weighted by Crippen LogP contribution is -2.28. The van der Waals surface area contributed by atoms with Crippen molar-refractivity contribution < 1.29 is 14.3 Å². The summed E-state index contributed by atoms with van der Waals surface area (Å²) < 4.78 is 5.13. The fourth-order valence-corrected chi connectivity index (χ4v) is 1.50. The summed E-state index contributed by atoms with van der Waals surface area (Å²) in [4.78, 5) is 23.1. The van der Waals surface area contributed by atoms with Gasteiger partial charge in [0.1, 0.15) is 5.60 Å². The Kier molecular flexibility index (Phi) is 5.09. The second kappa shape index (κ2) is 6.36. The first-order valence-electron chi connectivity index (χ1n) is 6.28. The van der Waals surface area contributed by atoms with E-state index in [1.807, 2.05) is 6.92 Å². The molecule has 0 radical (unpaired) electrons. The van der Waals surface area contributed by atoms with Gasteiger partial charge in [0.25, 0.3) is 0 Å². The van der Waals surface area contributed by atoms with Gasteiger partial charge in [-0.2, -0.15) is 5.10 Å². The SMILES string of the molecule is CC(NC(=O)CCC(=O)OC(C)(C)C)c1cn[nH]c1. The highest BCUT2D eigenvalue weighted by molar-refractivity contribution is 5.81. The van der Waals surface area contributed by atoms with Gasteiger partial charge in [-0.25, -0.2) is 0 Å². The molecule has 1 atom stereocenters. The van der Waals surface area contributed by atoms with Gasteiger partial charge in [0, 0.05) is 18.2 Å². The lowest BCUT2D eigenvalue weighted by Gasteiger charge is -2.19. The minimum absolute atomic E-state index is 0.0845. The van der Waals surface area contributed by atoms with E-state index in [0.29, 0.717) is 0 Å². The largest absolute Gasteiger partial charge is 0.460 e. The van der Waals surface area contributed by atoms with Crippen LogP contribution in [-0.4, -0.2) is 27.7 Å². The Bertz CT molecular complexity index is 421. The molecule has 0 fully saturated rings. The number of nitrogens with one attached hydrogen (secondary N) is 2. The quantitative estimate of drug-likeness (QED) is 0.795. The number of ether oxygens (including phenoxy) is 1. The topological polar surface area (TPSA) is 84.1 Å². The Morgan fingerprint density at radius 3 is 2.63 bits per heavy atom. The average Bonchev–Trinajstić information content (AvgIpc) is 2.77. The first-order chi connectivity index (χ1) is 8.78. The van der Waals surface area contributed by atoms with Crippen molar-refractivity contribution in [3.05, 3.63) is 18.0 Å². The number of aromatic nitrogens is 2. The van der Waals surface area contributed by atoms with E-state index in [1.54, 1.807) is 33.2 Å². The van der Waals surface area contributed by atoms with Gasteiger partial charge in [0.15, 0.2) is 0 Å². The van der Waals surface area contributed by atoms with Gasteiger partial charge in [-0.05, 0) is 27.7 Å². The number of nitrogens with zero attached hydrogens (tertiary/aromatic N) is 1. The van der Waals surface area contributed by atoms with Crippen LogP contribution >= 0.6 is 0 Å². The summed E-state index contributed by atoms with van der Waals surface area (Å²) in [5, 5.41) is 9.29. The molecule has 6 heteroatoms. The number of amides is 1. The molecule has 0 saturated heterocycles. The van der Waals surface area contributed by atoms with E-state index in [0.717, 1.165) is 5.56 Å². The van der Waals surface area contributed by atoms with E-state index in [4.69, 9.17) is 4.74 Å². The van der Waals surface area contributed by atoms with E-state index in [2.05, 4.69) is 15.5 Å². The third kappa shape index (κ3) is 6.03. The summed E-state index contributed by atoms with van der Waals surface area (Å²) in [6.45, 7) is 7.25. The van der Waals surface area contributed by atoms with Crippen molar-refractivity contribution in [2.75, 3.05) is 0 Å². The number of rotatable bonds is 5. The first-order valence-corrected chi connectivity index (χ1v) is 6.28. The van der Waals surface area contributed by atoms with Crippen LogP contribution in [0, 0.1) is 0 Å². The minimum Gasteiger partial charge on any atom is -0.460 e. The number of hydrogen-bond acceptors (Lipinski definition) is 4. The number of carbonyl (C=O) groups is 2. The van der Waals surface area contributed by atoms with E-state index < -0.39 is 5.60 Å². The Labute approximate surface area is 112 Å². The van der Waals surface area contributed by atoms with Crippen LogP contribution in [0.15, 0.2) is 12.4 Å². The second-order valence-corrected chi connectivity index (χ2v) is 5.41. The van der Waals surface area contributed by atoms with Crippen LogP contribution < -0.4 is 5.32 Å². The zero-order chi connectivity index (χ0) is 14.5. The molecule has 2 N–H and O–H groups in total. The molecule has 19 heavy (non-hydrogen) atoms. The molecule has 1 aromatic rings. The smallest absolute Gasteiger partial charge is 0.306 e. The molecule has 0 aromatic carbocycles. The monoisotopic (exact) mass is 267 g/mol. The van der Waals surface area contributed by atoms with Gasteiger partial charge in [-0.1, -0.05) is 0 Å². The van der Waals surface area contributed by atoms with Gasteiger partial charge < -0.3 is 10.1 Å². The number of H-pyrrole nitrogens is 1. The fraction of sp³-hybridized carbons (Fsp3) is 0.615. The second-order valence-electron chi connectivity index (χ2n) is 5.41. The molecule has 106 valence electrons. The molecule has 0 spiro atoms. The molecule has 0 aliphatic rings. The molecule has 1 aromatic heterocycles. The molecule has 1 unspecified atom stereocenters. The molecule has 0 bridgehead atoms. The maximum Gasteiger partial charge on any atom is 0.306 e. The summed E-state index contributed by atoms with van der Waals surface area (Å²) in [6, 6.07) is -0.134. The normalized spacial score (nSPS) is 12.8. The number of hydrogen-bond donors (Lipinski definition) is 2. The minimum atomic E-state index is -0.516. The Balaban J connectivity index is 2.30. The van der Waals surface area contributed by atoms with E-state index in [9.17, 15) is 9.59 Å². The van der Waals surface area contributed by atoms with Crippen molar-refractivity contribution in [1.29, 1.82) is 0 Å². The van der Waals surface area contributed by atoms with Crippen LogP contribution in [0.3, 0.4) is 0 Å². The molecule has 1 amide bonds. The van der Waals surface area contributed by atoms with Crippen molar-refractivity contribution >= 4 is 11.9 Å². The Morgan fingerprint density at radius 1 is 1.42 bits per heavy atom. The van der Waals surface area contributed by atoms with E-state index in [1.165, 1.54) is 0 Å². The van der Waals surface area contributed by atoms with E-state index in [-0.39, 0.29) is 30.8 Å². The fourth-order valence-electron chi connectivity index (χ4n) is 1.50. The van der Waals surface area contributed by atoms with Crippen LogP contribution in [-0.2, 0) is 14.3 Å². The van der Waals surface area contributed by atoms with Crippen LogP contribution in [0.5, 0.6) is 0 Å². The van der Waals surface area contributed by atoms with Gasteiger partial charge in [-0.15, -0.1) is 0 Å². The molecule has 0 saturated carbocycles. The molecule has 0 aliphatic carbocycles. The number of carbonyl (C=O) groups excluding carboxylic acids is 2. The summed E-state index contributed by atoms with van der Waals surface area (Å²) in [6.07, 6.45) is 3.58. The van der Waals surface area contributed by atoms with Crippen LogP contribution in [0.1, 0.15) is 52.1 Å². The third-order valence-corrected chi connectivity index (χ3v) is 2.37. The van der Waals surface area contributed by atoms with Crippen molar-refractivity contribution in [1.82, 2.24) is 15.5 Å². The average molecular weight is 267 g/mol. The van der Waals surface area contributed by atoms with E-state index >= 15 is 0 Å². The highest BCUT2D eigenvalue weighted by atomic mass is 16.6. The van der Waals surface area contributed by atoms with Gasteiger partial charge in [-0.3, -0.25) is 14.7 Å². The van der Waals surface area contributed by atoms with Crippen LogP contribution in [0.4, 0.5) is 0 Å². The predicted octanol–water partition coefficient (Wildman–Crippen LogP) is 1.71. The molecule has 6 nitrogen and oxygen atoms in total. The molecule has 1 heterocycles. The van der Waals surface area contributed by atoms with Crippen molar-refractivity contribution in [2.24, 2.45) is 0 Å². The number of aromatic amines is 1. The molecule has 1 rings (SSSR count). The van der Waals surface area contributed by atoms with Gasteiger partial charge in [0.2, 0.25) is 5.91 Å². The molecular weight excluding hydrogens is 246 g/mol. The molecule has 0 aliphatic heterocycles. The Hall–Kier alpha value is -1.85. The highest BCUT2D eigenvalue weighted by Crippen LogP contribution is 2.11. The summed E-state index contributed by atoms with van der Waals surface area (Å²) in [7, 11) is 0. The van der Waals surface area contributed by atoms with Crippen molar-refractivity contribution in [3.63, 3.8) is 0 Å². The third-order valence-electron chi connectivity index (χ3n) is 2.37. The number of esters is 1. The van der Waals surface area contributed by atoms with Crippen LogP contribution in [0.25, 0.3) is 0 Å². The van der Waals surface area contributed by atoms with Crippen molar-refractivity contribution in [3.8, 4) is 0 Å². The maximum atomic E-state index is 11.7. The maximum absolute atomic E-state index is 11.7. The predicted molar refractivity (Wildman–Crippen MR) is 70.2 cm³/mol. The van der Waals surface area contributed by atoms with Crippen molar-refractivity contribution in [2.45, 2.75) is 52.2 Å². The lowest BCUT2D eigenvalue weighted by molar-refractivity contribution is -0.155. The lowest BCUT2D eigenvalue weighted by atomic mass is 10.1. The first kappa shape index (κ1) is 15.2. The standard InChI is InChI=1S/C13H21N3O3/c1-9(10-7-14-15-8-10)16-11(17)5-6-12(18)19-13(2,3)4/h7-9H,5-6H2,1-4H3,(H,14,15)(H,16,17).